The van der Waals surface area contributed by atoms with Crippen LogP contribution in [0.25, 0.3) is 0 Å². The van der Waals surface area contributed by atoms with Crippen LogP contribution in [0.2, 0.25) is 0 Å². The first-order valence-corrected chi connectivity index (χ1v) is 6.64. The molecule has 0 bridgehead atoms. The third-order valence-electron chi connectivity index (χ3n) is 3.11. The molecule has 0 aliphatic heterocycles. The van der Waals surface area contributed by atoms with Gasteiger partial charge in [-0.2, -0.15) is 5.26 Å². The largest absolute Gasteiger partial charge is 0.383 e. The Kier molecular flexibility index (Phi) is 6.71. The Morgan fingerprint density at radius 2 is 2.20 bits per heavy atom. The van der Waals surface area contributed by atoms with Gasteiger partial charge in [0.05, 0.1) is 24.4 Å². The fourth-order valence-electron chi connectivity index (χ4n) is 1.99. The van der Waals surface area contributed by atoms with Crippen molar-refractivity contribution in [3.8, 4) is 6.07 Å². The van der Waals surface area contributed by atoms with Gasteiger partial charge in [0.1, 0.15) is 6.07 Å². The second-order valence-corrected chi connectivity index (χ2v) is 4.57. The van der Waals surface area contributed by atoms with Gasteiger partial charge < -0.3 is 10.1 Å². The molecule has 1 amide bonds. The Balaban J connectivity index is 2.65. The number of methoxy groups -OCH3 is 1. The Morgan fingerprint density at radius 3 is 2.80 bits per heavy atom. The van der Waals surface area contributed by atoms with Crippen molar-refractivity contribution in [2.24, 2.45) is 0 Å². The lowest BCUT2D eigenvalue weighted by atomic mass is 10.2. The van der Waals surface area contributed by atoms with E-state index in [1.807, 2.05) is 18.7 Å². The highest BCUT2D eigenvalue weighted by atomic mass is 16.5. The third-order valence-corrected chi connectivity index (χ3v) is 3.11. The highest BCUT2D eigenvalue weighted by molar-refractivity contribution is 5.93. The van der Waals surface area contributed by atoms with Crippen LogP contribution in [0.1, 0.15) is 19.4 Å². The standard InChI is InChI=1S/C15H21N3O2/c1-4-18(12(2)11-20-3)10-15(19)17-14-8-6-5-7-13(14)9-16/h5-8,12H,4,10-11H2,1-3H3,(H,17,19). The first-order valence-electron chi connectivity index (χ1n) is 6.64. The second-order valence-electron chi connectivity index (χ2n) is 4.57. The Morgan fingerprint density at radius 1 is 1.50 bits per heavy atom. The predicted octanol–water partition coefficient (Wildman–Crippen LogP) is 1.85. The van der Waals surface area contributed by atoms with E-state index in [1.54, 1.807) is 31.4 Å². The molecule has 0 spiro atoms. The number of ether oxygens (including phenoxy) is 1. The van der Waals surface area contributed by atoms with E-state index in [0.29, 0.717) is 17.9 Å². The highest BCUT2D eigenvalue weighted by Crippen LogP contribution is 2.13. The number of amides is 1. The van der Waals surface area contributed by atoms with Crippen LogP contribution in [0.4, 0.5) is 5.69 Å². The Bertz CT molecular complexity index is 482. The smallest absolute Gasteiger partial charge is 0.238 e. The number of carbonyl (C=O) groups is 1. The highest BCUT2D eigenvalue weighted by Gasteiger charge is 2.16. The van der Waals surface area contributed by atoms with Crippen LogP contribution in [0.5, 0.6) is 0 Å². The molecule has 0 fully saturated rings. The number of nitrogens with zero attached hydrogens (tertiary/aromatic N) is 2. The molecule has 1 N–H and O–H groups in total. The van der Waals surface area contributed by atoms with Crippen molar-refractivity contribution in [1.29, 1.82) is 5.26 Å². The minimum Gasteiger partial charge on any atom is -0.383 e. The maximum absolute atomic E-state index is 12.1. The van der Waals surface area contributed by atoms with Gasteiger partial charge in [-0.25, -0.2) is 0 Å². The van der Waals surface area contributed by atoms with Gasteiger partial charge in [-0.1, -0.05) is 19.1 Å². The Hall–Kier alpha value is -1.90. The number of hydrogen-bond donors (Lipinski definition) is 1. The lowest BCUT2D eigenvalue weighted by Crippen LogP contribution is -2.41. The summed E-state index contributed by atoms with van der Waals surface area (Å²) in [6, 6.07) is 9.20. The lowest BCUT2D eigenvalue weighted by molar-refractivity contribution is -0.118. The molecule has 0 radical (unpaired) electrons. The van der Waals surface area contributed by atoms with Gasteiger partial charge >= 0.3 is 0 Å². The van der Waals surface area contributed by atoms with Gasteiger partial charge in [0.25, 0.3) is 0 Å². The van der Waals surface area contributed by atoms with Crippen molar-refractivity contribution >= 4 is 11.6 Å². The maximum Gasteiger partial charge on any atom is 0.238 e. The van der Waals surface area contributed by atoms with Crippen molar-refractivity contribution in [2.75, 3.05) is 32.1 Å². The van der Waals surface area contributed by atoms with Crippen LogP contribution in [0, 0.1) is 11.3 Å². The quantitative estimate of drug-likeness (QED) is 0.825. The first kappa shape index (κ1) is 16.2. The number of nitrogens with one attached hydrogen (secondary N) is 1. The molecule has 1 aromatic rings. The Labute approximate surface area is 120 Å². The van der Waals surface area contributed by atoms with Crippen molar-refractivity contribution in [2.45, 2.75) is 19.9 Å². The van der Waals surface area contributed by atoms with Gasteiger partial charge in [0.2, 0.25) is 5.91 Å². The van der Waals surface area contributed by atoms with E-state index in [-0.39, 0.29) is 18.5 Å². The van der Waals surface area contributed by atoms with Crippen LogP contribution in [0.3, 0.4) is 0 Å². The summed E-state index contributed by atoms with van der Waals surface area (Å²) < 4.78 is 5.11. The van der Waals surface area contributed by atoms with E-state index < -0.39 is 0 Å². The van der Waals surface area contributed by atoms with Crippen LogP contribution >= 0.6 is 0 Å². The fourth-order valence-corrected chi connectivity index (χ4v) is 1.99. The molecule has 5 nitrogen and oxygen atoms in total. The normalized spacial score (nSPS) is 11.9. The molecule has 0 heterocycles. The van der Waals surface area contributed by atoms with Crippen LogP contribution in [-0.4, -0.2) is 43.7 Å². The van der Waals surface area contributed by atoms with Crippen molar-refractivity contribution in [3.05, 3.63) is 29.8 Å². The van der Waals surface area contributed by atoms with Gasteiger partial charge in [0, 0.05) is 13.2 Å². The average Bonchev–Trinajstić information content (AvgIpc) is 2.45. The number of carbonyl (C=O) groups excluding carboxylic acids is 1. The summed E-state index contributed by atoms with van der Waals surface area (Å²) in [5.41, 5.74) is 1.02. The van der Waals surface area contributed by atoms with E-state index >= 15 is 0 Å². The zero-order valence-electron chi connectivity index (χ0n) is 12.2. The summed E-state index contributed by atoms with van der Waals surface area (Å²) >= 11 is 0. The average molecular weight is 275 g/mol. The number of para-hydroxylation sites is 1. The topological polar surface area (TPSA) is 65.4 Å². The zero-order valence-corrected chi connectivity index (χ0v) is 12.2. The second kappa shape index (κ2) is 8.31. The molecule has 1 aromatic carbocycles. The van der Waals surface area contributed by atoms with Crippen molar-refractivity contribution in [3.63, 3.8) is 0 Å². The predicted molar refractivity (Wildman–Crippen MR) is 78.4 cm³/mol. The lowest BCUT2D eigenvalue weighted by Gasteiger charge is -2.26. The summed E-state index contributed by atoms with van der Waals surface area (Å²) in [5.74, 6) is -0.127. The molecule has 1 unspecified atom stereocenters. The molecule has 5 heteroatoms. The number of hydrogen-bond acceptors (Lipinski definition) is 4. The molecular formula is C15H21N3O2. The molecule has 0 saturated carbocycles. The number of benzene rings is 1. The molecule has 0 aromatic heterocycles. The molecular weight excluding hydrogens is 254 g/mol. The molecule has 108 valence electrons. The van der Waals surface area contributed by atoms with Crippen LogP contribution in [-0.2, 0) is 9.53 Å². The SMILES string of the molecule is CCN(CC(=O)Nc1ccccc1C#N)C(C)COC. The number of rotatable bonds is 7. The van der Waals surface area contributed by atoms with Gasteiger partial charge in [-0.05, 0) is 25.6 Å². The summed E-state index contributed by atoms with van der Waals surface area (Å²) in [5, 5.41) is 11.8. The minimum absolute atomic E-state index is 0.127. The summed E-state index contributed by atoms with van der Waals surface area (Å²) in [7, 11) is 1.65. The van der Waals surface area contributed by atoms with E-state index in [9.17, 15) is 4.79 Å². The number of anilines is 1. The number of nitriles is 1. The summed E-state index contributed by atoms with van der Waals surface area (Å²) in [6.45, 7) is 5.64. The van der Waals surface area contributed by atoms with Crippen molar-refractivity contribution in [1.82, 2.24) is 4.90 Å². The number of likely N-dealkylation sites (N-methyl/N-ethyl adjacent to an activating group) is 1. The molecule has 1 atom stereocenters. The maximum atomic E-state index is 12.1. The van der Waals surface area contributed by atoms with Crippen LogP contribution < -0.4 is 5.32 Å². The molecule has 20 heavy (non-hydrogen) atoms. The van der Waals surface area contributed by atoms with Gasteiger partial charge in [-0.15, -0.1) is 0 Å². The third kappa shape index (κ3) is 4.65. The monoisotopic (exact) mass is 275 g/mol. The molecule has 0 aliphatic carbocycles. The van der Waals surface area contributed by atoms with Crippen LogP contribution in [0.15, 0.2) is 24.3 Å². The zero-order chi connectivity index (χ0) is 15.0. The van der Waals surface area contributed by atoms with Gasteiger partial charge in [-0.3, -0.25) is 9.69 Å². The van der Waals surface area contributed by atoms with E-state index in [1.165, 1.54) is 0 Å². The minimum atomic E-state index is -0.127. The fraction of sp³-hybridized carbons (Fsp3) is 0.467. The molecule has 0 saturated heterocycles. The molecule has 0 aliphatic rings. The van der Waals surface area contributed by atoms with E-state index in [2.05, 4.69) is 11.4 Å². The van der Waals surface area contributed by atoms with E-state index in [0.717, 1.165) is 6.54 Å². The van der Waals surface area contributed by atoms with Gasteiger partial charge in [0.15, 0.2) is 0 Å². The van der Waals surface area contributed by atoms with E-state index in [4.69, 9.17) is 10.00 Å². The summed E-state index contributed by atoms with van der Waals surface area (Å²) in [4.78, 5) is 14.1. The first-order chi connectivity index (χ1) is 9.62. The molecule has 1 rings (SSSR count). The van der Waals surface area contributed by atoms with Crippen molar-refractivity contribution < 1.29 is 9.53 Å². The summed E-state index contributed by atoms with van der Waals surface area (Å²) in [6.07, 6.45) is 0.